The maximum atomic E-state index is 3.47. The summed E-state index contributed by atoms with van der Waals surface area (Å²) in [7, 11) is 0. The van der Waals surface area contributed by atoms with E-state index in [1.807, 2.05) is 11.8 Å². The van der Waals surface area contributed by atoms with E-state index in [1.165, 1.54) is 51.2 Å². The van der Waals surface area contributed by atoms with Gasteiger partial charge in [-0.25, -0.2) is 0 Å². The summed E-state index contributed by atoms with van der Waals surface area (Å²) < 4.78 is 0. The maximum absolute atomic E-state index is 3.47. The molecule has 0 bridgehead atoms. The summed E-state index contributed by atoms with van der Waals surface area (Å²) in [6, 6.07) is 0.847. The van der Waals surface area contributed by atoms with Gasteiger partial charge in [0.1, 0.15) is 0 Å². The standard InChI is InChI=1S/C11H22N2S/c1-14-9-10-3-2-6-13(8-10)11-4-5-12-7-11/h10-12H,2-9H2,1H3. The van der Waals surface area contributed by atoms with Gasteiger partial charge < -0.3 is 5.32 Å². The quantitative estimate of drug-likeness (QED) is 0.765. The van der Waals surface area contributed by atoms with Crippen molar-refractivity contribution in [1.82, 2.24) is 10.2 Å². The number of hydrogen-bond donors (Lipinski definition) is 1. The number of rotatable bonds is 3. The third kappa shape index (κ3) is 2.65. The van der Waals surface area contributed by atoms with E-state index in [2.05, 4.69) is 16.5 Å². The fraction of sp³-hybridized carbons (Fsp3) is 1.00. The Morgan fingerprint density at radius 3 is 3.07 bits per heavy atom. The Bertz CT molecular complexity index is 167. The van der Waals surface area contributed by atoms with E-state index in [0.717, 1.165) is 12.0 Å². The average Bonchev–Trinajstić information content (AvgIpc) is 2.71. The molecule has 2 aliphatic heterocycles. The van der Waals surface area contributed by atoms with Crippen molar-refractivity contribution < 1.29 is 0 Å². The van der Waals surface area contributed by atoms with Crippen molar-refractivity contribution in [2.24, 2.45) is 5.92 Å². The molecule has 2 heterocycles. The van der Waals surface area contributed by atoms with Gasteiger partial charge in [0.25, 0.3) is 0 Å². The van der Waals surface area contributed by atoms with Crippen molar-refractivity contribution in [3.05, 3.63) is 0 Å². The minimum absolute atomic E-state index is 0.847. The predicted molar refractivity (Wildman–Crippen MR) is 64.0 cm³/mol. The van der Waals surface area contributed by atoms with Crippen LogP contribution in [0.2, 0.25) is 0 Å². The highest BCUT2D eigenvalue weighted by molar-refractivity contribution is 7.98. The fourth-order valence-corrected chi connectivity index (χ4v) is 3.50. The van der Waals surface area contributed by atoms with Crippen molar-refractivity contribution >= 4 is 11.8 Å². The molecule has 0 spiro atoms. The molecule has 14 heavy (non-hydrogen) atoms. The molecule has 0 aliphatic carbocycles. The molecule has 0 saturated carbocycles. The molecular weight excluding hydrogens is 192 g/mol. The van der Waals surface area contributed by atoms with Gasteiger partial charge in [-0.1, -0.05) is 0 Å². The van der Waals surface area contributed by atoms with Gasteiger partial charge in [-0.15, -0.1) is 0 Å². The lowest BCUT2D eigenvalue weighted by molar-refractivity contribution is 0.140. The van der Waals surface area contributed by atoms with Gasteiger partial charge in [-0.3, -0.25) is 4.90 Å². The minimum Gasteiger partial charge on any atom is -0.315 e. The number of thioether (sulfide) groups is 1. The summed E-state index contributed by atoms with van der Waals surface area (Å²) in [4.78, 5) is 2.73. The first-order valence-electron chi connectivity index (χ1n) is 5.84. The van der Waals surface area contributed by atoms with Gasteiger partial charge in [-0.05, 0) is 50.3 Å². The molecule has 0 amide bonds. The first-order valence-corrected chi connectivity index (χ1v) is 7.23. The Morgan fingerprint density at radius 2 is 2.36 bits per heavy atom. The van der Waals surface area contributed by atoms with E-state index in [4.69, 9.17) is 0 Å². The lowest BCUT2D eigenvalue weighted by Crippen LogP contribution is -2.44. The Balaban J connectivity index is 1.80. The number of piperidine rings is 1. The third-order valence-electron chi connectivity index (χ3n) is 3.50. The van der Waals surface area contributed by atoms with Crippen LogP contribution in [-0.2, 0) is 0 Å². The SMILES string of the molecule is CSCC1CCCN(C2CCNC2)C1. The lowest BCUT2D eigenvalue weighted by Gasteiger charge is -2.36. The molecule has 1 N–H and O–H groups in total. The highest BCUT2D eigenvalue weighted by atomic mass is 32.2. The second-order valence-corrected chi connectivity index (χ2v) is 5.52. The zero-order chi connectivity index (χ0) is 9.80. The molecule has 2 fully saturated rings. The van der Waals surface area contributed by atoms with Crippen LogP contribution >= 0.6 is 11.8 Å². The van der Waals surface area contributed by atoms with E-state index in [1.54, 1.807) is 0 Å². The zero-order valence-electron chi connectivity index (χ0n) is 9.17. The smallest absolute Gasteiger partial charge is 0.0232 e. The van der Waals surface area contributed by atoms with Gasteiger partial charge in [0, 0.05) is 19.1 Å². The average molecular weight is 214 g/mol. The topological polar surface area (TPSA) is 15.3 Å². The van der Waals surface area contributed by atoms with Gasteiger partial charge in [0.2, 0.25) is 0 Å². The van der Waals surface area contributed by atoms with Crippen molar-refractivity contribution in [1.29, 1.82) is 0 Å². The summed E-state index contributed by atoms with van der Waals surface area (Å²) in [5.41, 5.74) is 0. The zero-order valence-corrected chi connectivity index (χ0v) is 9.98. The van der Waals surface area contributed by atoms with Gasteiger partial charge in [-0.2, -0.15) is 11.8 Å². The van der Waals surface area contributed by atoms with Crippen LogP contribution in [0.25, 0.3) is 0 Å². The summed E-state index contributed by atoms with van der Waals surface area (Å²) in [6.07, 6.45) is 6.47. The van der Waals surface area contributed by atoms with Crippen molar-refractivity contribution in [3.8, 4) is 0 Å². The molecule has 82 valence electrons. The van der Waals surface area contributed by atoms with Gasteiger partial charge in [0.05, 0.1) is 0 Å². The number of likely N-dealkylation sites (tertiary alicyclic amines) is 1. The van der Waals surface area contributed by atoms with Crippen LogP contribution in [-0.4, -0.2) is 49.1 Å². The number of nitrogens with zero attached hydrogens (tertiary/aromatic N) is 1. The maximum Gasteiger partial charge on any atom is 0.0232 e. The van der Waals surface area contributed by atoms with E-state index < -0.39 is 0 Å². The van der Waals surface area contributed by atoms with Crippen LogP contribution in [0.5, 0.6) is 0 Å². The molecule has 3 heteroatoms. The minimum atomic E-state index is 0.847. The van der Waals surface area contributed by atoms with Crippen LogP contribution in [0.15, 0.2) is 0 Å². The van der Waals surface area contributed by atoms with Crippen LogP contribution in [0, 0.1) is 5.92 Å². The Kier molecular flexibility index (Phi) is 4.14. The number of hydrogen-bond acceptors (Lipinski definition) is 3. The van der Waals surface area contributed by atoms with Crippen molar-refractivity contribution in [2.45, 2.75) is 25.3 Å². The van der Waals surface area contributed by atoms with Crippen LogP contribution in [0.1, 0.15) is 19.3 Å². The largest absolute Gasteiger partial charge is 0.315 e. The van der Waals surface area contributed by atoms with Gasteiger partial charge >= 0.3 is 0 Å². The Hall–Kier alpha value is 0.270. The normalized spacial score (nSPS) is 34.9. The summed E-state index contributed by atoms with van der Waals surface area (Å²) in [5, 5.41) is 3.47. The van der Waals surface area contributed by atoms with Crippen LogP contribution in [0.3, 0.4) is 0 Å². The van der Waals surface area contributed by atoms with E-state index >= 15 is 0 Å². The van der Waals surface area contributed by atoms with Gasteiger partial charge in [0.15, 0.2) is 0 Å². The number of nitrogens with one attached hydrogen (secondary N) is 1. The van der Waals surface area contributed by atoms with Crippen LogP contribution < -0.4 is 5.32 Å². The molecule has 0 aromatic rings. The third-order valence-corrected chi connectivity index (χ3v) is 4.31. The molecule has 2 saturated heterocycles. The molecule has 0 aromatic heterocycles. The first kappa shape index (κ1) is 10.8. The molecule has 2 rings (SSSR count). The predicted octanol–water partition coefficient (Wildman–Crippen LogP) is 1.42. The van der Waals surface area contributed by atoms with Crippen LogP contribution in [0.4, 0.5) is 0 Å². The Labute approximate surface area is 91.8 Å². The molecule has 0 radical (unpaired) electrons. The van der Waals surface area contributed by atoms with E-state index in [0.29, 0.717) is 0 Å². The Morgan fingerprint density at radius 1 is 1.43 bits per heavy atom. The molecule has 0 aromatic carbocycles. The lowest BCUT2D eigenvalue weighted by atomic mass is 9.98. The van der Waals surface area contributed by atoms with E-state index in [-0.39, 0.29) is 0 Å². The fourth-order valence-electron chi connectivity index (χ4n) is 2.75. The first-order chi connectivity index (χ1) is 6.90. The summed E-state index contributed by atoms with van der Waals surface area (Å²) in [5.74, 6) is 2.32. The van der Waals surface area contributed by atoms with Crippen molar-refractivity contribution in [2.75, 3.05) is 38.2 Å². The molecule has 2 unspecified atom stereocenters. The second-order valence-electron chi connectivity index (χ2n) is 4.61. The monoisotopic (exact) mass is 214 g/mol. The molecule has 2 aliphatic rings. The summed E-state index contributed by atoms with van der Waals surface area (Å²) in [6.45, 7) is 5.16. The highest BCUT2D eigenvalue weighted by Crippen LogP contribution is 2.22. The summed E-state index contributed by atoms with van der Waals surface area (Å²) >= 11 is 2.01. The molecule has 2 atom stereocenters. The molecule has 2 nitrogen and oxygen atoms in total. The molecular formula is C11H22N2S. The highest BCUT2D eigenvalue weighted by Gasteiger charge is 2.27. The second kappa shape index (κ2) is 5.38. The van der Waals surface area contributed by atoms with Crippen molar-refractivity contribution in [3.63, 3.8) is 0 Å². The van der Waals surface area contributed by atoms with E-state index in [9.17, 15) is 0 Å².